The van der Waals surface area contributed by atoms with Crippen LogP contribution in [0.15, 0.2) is 22.7 Å². The van der Waals surface area contributed by atoms with E-state index < -0.39 is 0 Å². The molecule has 0 heterocycles. The fourth-order valence-electron chi connectivity index (χ4n) is 2.73. The van der Waals surface area contributed by atoms with E-state index in [0.717, 1.165) is 17.3 Å². The molecule has 20 heavy (non-hydrogen) atoms. The highest BCUT2D eigenvalue weighted by Crippen LogP contribution is 2.27. The van der Waals surface area contributed by atoms with Crippen molar-refractivity contribution in [3.05, 3.63) is 33.3 Å². The van der Waals surface area contributed by atoms with E-state index in [0.29, 0.717) is 29.1 Å². The van der Waals surface area contributed by atoms with Crippen LogP contribution in [-0.2, 0) is 0 Å². The van der Waals surface area contributed by atoms with E-state index >= 15 is 0 Å². The summed E-state index contributed by atoms with van der Waals surface area (Å²) in [6.07, 6.45) is 5.80. The van der Waals surface area contributed by atoms with Gasteiger partial charge in [0.2, 0.25) is 0 Å². The van der Waals surface area contributed by atoms with Crippen molar-refractivity contribution < 1.29 is 4.79 Å². The average Bonchev–Trinajstić information content (AvgIpc) is 2.48. The first-order valence-corrected chi connectivity index (χ1v) is 8.66. The van der Waals surface area contributed by atoms with Gasteiger partial charge in [0.15, 0.2) is 0 Å². The van der Waals surface area contributed by atoms with Gasteiger partial charge in [0.25, 0.3) is 5.91 Å². The molecule has 0 N–H and O–H groups in total. The van der Waals surface area contributed by atoms with Gasteiger partial charge in [-0.3, -0.25) is 4.79 Å². The van der Waals surface area contributed by atoms with E-state index in [1.54, 1.807) is 6.07 Å². The zero-order chi connectivity index (χ0) is 14.5. The van der Waals surface area contributed by atoms with Crippen LogP contribution in [0.2, 0.25) is 5.02 Å². The lowest BCUT2D eigenvalue weighted by molar-refractivity contribution is 0.0649. The largest absolute Gasteiger partial charge is 0.334 e. The quantitative estimate of drug-likeness (QED) is 0.666. The Morgan fingerprint density at radius 3 is 2.60 bits per heavy atom. The molecule has 1 fully saturated rings. The number of hydrogen-bond acceptors (Lipinski definition) is 1. The Morgan fingerprint density at radius 1 is 1.30 bits per heavy atom. The second-order valence-corrected chi connectivity index (χ2v) is 6.75. The summed E-state index contributed by atoms with van der Waals surface area (Å²) in [6.45, 7) is 0.596. The molecule has 0 atom stereocenters. The van der Waals surface area contributed by atoms with Crippen molar-refractivity contribution in [2.24, 2.45) is 0 Å². The van der Waals surface area contributed by atoms with Crippen molar-refractivity contribution in [1.29, 1.82) is 0 Å². The highest BCUT2D eigenvalue weighted by Gasteiger charge is 2.26. The summed E-state index contributed by atoms with van der Waals surface area (Å²) in [5.41, 5.74) is 0.633. The van der Waals surface area contributed by atoms with Crippen molar-refractivity contribution in [3.8, 4) is 0 Å². The van der Waals surface area contributed by atoms with Crippen LogP contribution in [0.3, 0.4) is 0 Å². The molecule has 0 bridgehead atoms. The Balaban J connectivity index is 2.18. The fraction of sp³-hybridized carbons (Fsp3) is 0.533. The molecule has 1 amide bonds. The molecule has 1 saturated carbocycles. The third kappa shape index (κ3) is 3.90. The highest BCUT2D eigenvalue weighted by molar-refractivity contribution is 9.10. The van der Waals surface area contributed by atoms with Gasteiger partial charge in [-0.1, -0.05) is 30.9 Å². The van der Waals surface area contributed by atoms with Gasteiger partial charge in [0.1, 0.15) is 0 Å². The molecule has 0 unspecified atom stereocenters. The first-order valence-electron chi connectivity index (χ1n) is 6.95. The number of halogens is 3. The Kier molecular flexibility index (Phi) is 6.19. The van der Waals surface area contributed by atoms with Crippen LogP contribution < -0.4 is 0 Å². The van der Waals surface area contributed by atoms with Crippen LogP contribution in [0.4, 0.5) is 0 Å². The van der Waals surface area contributed by atoms with Crippen LogP contribution in [0.5, 0.6) is 0 Å². The topological polar surface area (TPSA) is 20.3 Å². The van der Waals surface area contributed by atoms with Gasteiger partial charge in [-0.2, -0.15) is 0 Å². The Morgan fingerprint density at radius 2 is 2.00 bits per heavy atom. The third-order valence-corrected chi connectivity index (χ3v) is 5.17. The van der Waals surface area contributed by atoms with Gasteiger partial charge in [-0.15, -0.1) is 11.6 Å². The predicted octanol–water partition coefficient (Wildman–Crippen LogP) is 5.12. The number of amides is 1. The lowest BCUT2D eigenvalue weighted by Gasteiger charge is -2.34. The molecule has 1 aliphatic rings. The number of carbonyl (C=O) groups excluding carboxylic acids is 1. The molecule has 1 aliphatic carbocycles. The molecule has 0 saturated heterocycles. The van der Waals surface area contributed by atoms with Crippen LogP contribution in [0, 0.1) is 0 Å². The minimum atomic E-state index is 0.0342. The zero-order valence-electron chi connectivity index (χ0n) is 11.2. The van der Waals surface area contributed by atoms with Crippen molar-refractivity contribution in [2.45, 2.75) is 38.1 Å². The molecule has 110 valence electrons. The summed E-state index contributed by atoms with van der Waals surface area (Å²) < 4.78 is 0.803. The van der Waals surface area contributed by atoms with Crippen molar-refractivity contribution in [3.63, 3.8) is 0 Å². The van der Waals surface area contributed by atoms with Gasteiger partial charge in [-0.25, -0.2) is 0 Å². The predicted molar refractivity (Wildman–Crippen MR) is 87.8 cm³/mol. The number of hydrogen-bond donors (Lipinski definition) is 0. The van der Waals surface area contributed by atoms with E-state index in [1.165, 1.54) is 19.3 Å². The maximum absolute atomic E-state index is 12.7. The second-order valence-electron chi connectivity index (χ2n) is 5.11. The van der Waals surface area contributed by atoms with Gasteiger partial charge in [0.05, 0.1) is 5.02 Å². The summed E-state index contributed by atoms with van der Waals surface area (Å²) in [5.74, 6) is 0.499. The Hall–Kier alpha value is -0.250. The van der Waals surface area contributed by atoms with Crippen molar-refractivity contribution in [1.82, 2.24) is 4.90 Å². The van der Waals surface area contributed by atoms with Crippen molar-refractivity contribution >= 4 is 45.0 Å². The maximum Gasteiger partial charge on any atom is 0.254 e. The molecule has 0 spiro atoms. The minimum absolute atomic E-state index is 0.0342. The first-order chi connectivity index (χ1) is 9.63. The van der Waals surface area contributed by atoms with Gasteiger partial charge >= 0.3 is 0 Å². The number of benzene rings is 1. The van der Waals surface area contributed by atoms with Crippen LogP contribution in [0.1, 0.15) is 42.5 Å². The number of nitrogens with zero attached hydrogens (tertiary/aromatic N) is 1. The van der Waals surface area contributed by atoms with Crippen molar-refractivity contribution in [2.75, 3.05) is 12.4 Å². The SMILES string of the molecule is O=C(c1ccc(Br)c(Cl)c1)N(CCCl)C1CCCCC1. The molecule has 5 heteroatoms. The van der Waals surface area contributed by atoms with Gasteiger partial charge in [-0.05, 0) is 47.0 Å². The summed E-state index contributed by atoms with van der Waals surface area (Å²) >= 11 is 15.3. The zero-order valence-corrected chi connectivity index (χ0v) is 14.3. The molecular formula is C15H18BrCl2NO. The van der Waals surface area contributed by atoms with E-state index in [4.69, 9.17) is 23.2 Å². The monoisotopic (exact) mass is 377 g/mol. The molecule has 1 aromatic carbocycles. The molecule has 0 radical (unpaired) electrons. The third-order valence-electron chi connectivity index (χ3n) is 3.77. The van der Waals surface area contributed by atoms with E-state index in [9.17, 15) is 4.79 Å². The molecular weight excluding hydrogens is 361 g/mol. The normalized spacial score (nSPS) is 16.1. The van der Waals surface area contributed by atoms with E-state index in [1.807, 2.05) is 17.0 Å². The molecule has 0 aromatic heterocycles. The second kappa shape index (κ2) is 7.67. The summed E-state index contributed by atoms with van der Waals surface area (Å²) in [7, 11) is 0. The lowest BCUT2D eigenvalue weighted by Crippen LogP contribution is -2.42. The number of alkyl halides is 1. The summed E-state index contributed by atoms with van der Waals surface area (Å²) in [5, 5.41) is 0.560. The van der Waals surface area contributed by atoms with Crippen LogP contribution >= 0.6 is 39.1 Å². The highest BCUT2D eigenvalue weighted by atomic mass is 79.9. The average molecular weight is 379 g/mol. The Labute approximate surface area is 138 Å². The number of rotatable bonds is 4. The van der Waals surface area contributed by atoms with E-state index in [2.05, 4.69) is 15.9 Å². The minimum Gasteiger partial charge on any atom is -0.334 e. The van der Waals surface area contributed by atoms with Gasteiger partial charge in [0, 0.05) is 28.5 Å². The summed E-state index contributed by atoms with van der Waals surface area (Å²) in [6, 6.07) is 5.66. The standard InChI is InChI=1S/C15H18BrCl2NO/c16-13-7-6-11(10-14(13)18)15(20)19(9-8-17)12-4-2-1-3-5-12/h6-7,10,12H,1-5,8-9H2. The Bertz CT molecular complexity index is 475. The smallest absolute Gasteiger partial charge is 0.254 e. The lowest BCUT2D eigenvalue weighted by atomic mass is 9.93. The van der Waals surface area contributed by atoms with Crippen LogP contribution in [-0.4, -0.2) is 29.3 Å². The van der Waals surface area contributed by atoms with E-state index in [-0.39, 0.29) is 5.91 Å². The van der Waals surface area contributed by atoms with Gasteiger partial charge < -0.3 is 4.90 Å². The molecule has 1 aromatic rings. The first kappa shape index (κ1) is 16.1. The molecule has 2 nitrogen and oxygen atoms in total. The maximum atomic E-state index is 12.7. The molecule has 0 aliphatic heterocycles. The molecule has 2 rings (SSSR count). The fourth-order valence-corrected chi connectivity index (χ4v) is 3.34. The summed E-state index contributed by atoms with van der Waals surface area (Å²) in [4.78, 5) is 14.6. The van der Waals surface area contributed by atoms with Crippen LogP contribution in [0.25, 0.3) is 0 Å². The number of carbonyl (C=O) groups is 1.